The van der Waals surface area contributed by atoms with Gasteiger partial charge < -0.3 is 5.32 Å². The zero-order chi connectivity index (χ0) is 14.7. The summed E-state index contributed by atoms with van der Waals surface area (Å²) in [4.78, 5) is 12.0. The van der Waals surface area contributed by atoms with Crippen LogP contribution in [0.15, 0.2) is 36.4 Å². The number of amides is 1. The van der Waals surface area contributed by atoms with Gasteiger partial charge in [-0.2, -0.15) is 0 Å². The van der Waals surface area contributed by atoms with Gasteiger partial charge in [0.2, 0.25) is 0 Å². The summed E-state index contributed by atoms with van der Waals surface area (Å²) in [7, 11) is 0. The maximum Gasteiger partial charge on any atom is 0.253 e. The fourth-order valence-corrected chi connectivity index (χ4v) is 2.30. The van der Waals surface area contributed by atoms with E-state index in [0.29, 0.717) is 16.1 Å². The Hall–Kier alpha value is -1.29. The van der Waals surface area contributed by atoms with Gasteiger partial charge in [-0.1, -0.05) is 40.9 Å². The van der Waals surface area contributed by atoms with Gasteiger partial charge in [0.15, 0.2) is 0 Å². The molecule has 0 aliphatic carbocycles. The van der Waals surface area contributed by atoms with Crippen LogP contribution in [0.1, 0.15) is 15.9 Å². The molecule has 0 radical (unpaired) electrons. The molecule has 0 saturated carbocycles. The van der Waals surface area contributed by atoms with Gasteiger partial charge in [-0.25, -0.2) is 4.39 Å². The molecule has 0 atom stereocenters. The van der Waals surface area contributed by atoms with Crippen LogP contribution < -0.4 is 5.32 Å². The third-order valence-corrected chi connectivity index (χ3v) is 3.45. The summed E-state index contributed by atoms with van der Waals surface area (Å²) in [6.07, 6.45) is 0. The monoisotopic (exact) mass is 331 g/mol. The van der Waals surface area contributed by atoms with Crippen molar-refractivity contribution >= 4 is 40.7 Å². The van der Waals surface area contributed by atoms with Crippen molar-refractivity contribution in [2.24, 2.45) is 0 Å². The van der Waals surface area contributed by atoms with E-state index in [-0.39, 0.29) is 22.5 Å². The largest absolute Gasteiger partial charge is 0.348 e. The molecule has 2 rings (SSSR count). The van der Waals surface area contributed by atoms with Crippen molar-refractivity contribution in [1.29, 1.82) is 0 Å². The minimum absolute atomic E-state index is 0.0151. The Morgan fingerprint density at radius 1 is 1.05 bits per heavy atom. The average molecular weight is 333 g/mol. The van der Waals surface area contributed by atoms with Crippen LogP contribution in [0, 0.1) is 5.82 Å². The molecule has 0 saturated heterocycles. The summed E-state index contributed by atoms with van der Waals surface area (Å²) >= 11 is 17.4. The molecular weight excluding hydrogens is 324 g/mol. The fraction of sp³-hybridized carbons (Fsp3) is 0.0714. The average Bonchev–Trinajstić information content (AvgIpc) is 2.40. The SMILES string of the molecule is O=C(NCc1ccc(F)c(Cl)c1)c1ccc(Cl)cc1Cl. The highest BCUT2D eigenvalue weighted by Gasteiger charge is 2.10. The first-order chi connectivity index (χ1) is 9.47. The maximum absolute atomic E-state index is 13.0. The van der Waals surface area contributed by atoms with Crippen LogP contribution in [0.25, 0.3) is 0 Å². The molecule has 2 nitrogen and oxygen atoms in total. The normalized spacial score (nSPS) is 10.4. The molecule has 0 bridgehead atoms. The summed E-state index contributed by atoms with van der Waals surface area (Å²) in [5, 5.41) is 3.42. The van der Waals surface area contributed by atoms with E-state index in [9.17, 15) is 9.18 Å². The first-order valence-corrected chi connectivity index (χ1v) is 6.78. The smallest absolute Gasteiger partial charge is 0.253 e. The second kappa shape index (κ2) is 6.44. The molecule has 0 spiro atoms. The van der Waals surface area contributed by atoms with Gasteiger partial charge in [0.1, 0.15) is 5.82 Å². The van der Waals surface area contributed by atoms with Gasteiger partial charge in [-0.15, -0.1) is 0 Å². The lowest BCUT2D eigenvalue weighted by Gasteiger charge is -2.07. The zero-order valence-corrected chi connectivity index (χ0v) is 12.4. The van der Waals surface area contributed by atoms with Crippen LogP contribution in [0.2, 0.25) is 15.1 Å². The summed E-state index contributed by atoms with van der Waals surface area (Å²) in [6.45, 7) is 0.220. The molecule has 0 aliphatic rings. The summed E-state index contributed by atoms with van der Waals surface area (Å²) < 4.78 is 13.0. The van der Waals surface area contributed by atoms with Crippen molar-refractivity contribution in [3.63, 3.8) is 0 Å². The number of hydrogen-bond donors (Lipinski definition) is 1. The lowest BCUT2D eigenvalue weighted by molar-refractivity contribution is 0.0951. The van der Waals surface area contributed by atoms with Crippen molar-refractivity contribution in [3.8, 4) is 0 Å². The highest BCUT2D eigenvalue weighted by molar-refractivity contribution is 6.36. The quantitative estimate of drug-likeness (QED) is 0.866. The van der Waals surface area contributed by atoms with Gasteiger partial charge in [-0.3, -0.25) is 4.79 Å². The first-order valence-electron chi connectivity index (χ1n) is 5.64. The highest BCUT2D eigenvalue weighted by atomic mass is 35.5. The van der Waals surface area contributed by atoms with E-state index in [1.165, 1.54) is 24.3 Å². The van der Waals surface area contributed by atoms with Crippen molar-refractivity contribution in [2.75, 3.05) is 0 Å². The molecule has 6 heteroatoms. The Kier molecular flexibility index (Phi) is 4.86. The molecule has 0 unspecified atom stereocenters. The van der Waals surface area contributed by atoms with Gasteiger partial charge in [0, 0.05) is 11.6 Å². The minimum atomic E-state index is -0.498. The Bertz CT molecular complexity index is 661. The van der Waals surface area contributed by atoms with E-state index in [0.717, 1.165) is 0 Å². The molecule has 0 aliphatic heterocycles. The Labute approximate surface area is 130 Å². The second-order valence-corrected chi connectivity index (χ2v) is 5.31. The number of carbonyl (C=O) groups excluding carboxylic acids is 1. The molecule has 2 aromatic rings. The molecular formula is C14H9Cl3FNO. The summed E-state index contributed by atoms with van der Waals surface area (Å²) in [5.41, 5.74) is 1.01. The fourth-order valence-electron chi connectivity index (χ4n) is 1.60. The highest BCUT2D eigenvalue weighted by Crippen LogP contribution is 2.21. The predicted octanol–water partition coefficient (Wildman–Crippen LogP) is 4.72. The van der Waals surface area contributed by atoms with Crippen molar-refractivity contribution in [3.05, 3.63) is 68.4 Å². The van der Waals surface area contributed by atoms with Crippen LogP contribution in [-0.2, 0) is 6.54 Å². The van der Waals surface area contributed by atoms with Gasteiger partial charge in [-0.05, 0) is 35.9 Å². The second-order valence-electron chi connectivity index (χ2n) is 4.06. The van der Waals surface area contributed by atoms with Gasteiger partial charge >= 0.3 is 0 Å². The standard InChI is InChI=1S/C14H9Cl3FNO/c15-9-2-3-10(11(16)6-9)14(20)19-7-8-1-4-13(18)12(17)5-8/h1-6H,7H2,(H,19,20). The van der Waals surface area contributed by atoms with Crippen LogP contribution >= 0.6 is 34.8 Å². The first kappa shape index (κ1) is 15.1. The van der Waals surface area contributed by atoms with E-state index < -0.39 is 5.82 Å². The van der Waals surface area contributed by atoms with E-state index in [2.05, 4.69) is 5.32 Å². The number of nitrogens with one attached hydrogen (secondary N) is 1. The zero-order valence-electron chi connectivity index (χ0n) is 10.1. The van der Waals surface area contributed by atoms with E-state index >= 15 is 0 Å². The number of halogens is 4. The van der Waals surface area contributed by atoms with Crippen LogP contribution in [-0.4, -0.2) is 5.91 Å². The third-order valence-electron chi connectivity index (χ3n) is 2.61. The minimum Gasteiger partial charge on any atom is -0.348 e. The molecule has 1 N–H and O–H groups in total. The lowest BCUT2D eigenvalue weighted by Crippen LogP contribution is -2.23. The lowest BCUT2D eigenvalue weighted by atomic mass is 10.2. The van der Waals surface area contributed by atoms with Crippen LogP contribution in [0.3, 0.4) is 0 Å². The predicted molar refractivity (Wildman–Crippen MR) is 79.0 cm³/mol. The number of hydrogen-bond acceptors (Lipinski definition) is 1. The number of rotatable bonds is 3. The van der Waals surface area contributed by atoms with Crippen LogP contribution in [0.5, 0.6) is 0 Å². The van der Waals surface area contributed by atoms with Crippen molar-refractivity contribution < 1.29 is 9.18 Å². The molecule has 104 valence electrons. The Balaban J connectivity index is 2.06. The number of carbonyl (C=O) groups is 1. The Morgan fingerprint density at radius 2 is 1.80 bits per heavy atom. The topological polar surface area (TPSA) is 29.1 Å². The molecule has 0 heterocycles. The molecule has 0 aromatic heterocycles. The number of benzene rings is 2. The molecule has 1 amide bonds. The van der Waals surface area contributed by atoms with Gasteiger partial charge in [0.05, 0.1) is 15.6 Å². The van der Waals surface area contributed by atoms with E-state index in [1.54, 1.807) is 12.1 Å². The van der Waals surface area contributed by atoms with Crippen molar-refractivity contribution in [2.45, 2.75) is 6.54 Å². The third kappa shape index (κ3) is 3.63. The van der Waals surface area contributed by atoms with E-state index in [4.69, 9.17) is 34.8 Å². The Morgan fingerprint density at radius 3 is 2.45 bits per heavy atom. The van der Waals surface area contributed by atoms with Crippen LogP contribution in [0.4, 0.5) is 4.39 Å². The maximum atomic E-state index is 13.0. The van der Waals surface area contributed by atoms with Gasteiger partial charge in [0.25, 0.3) is 5.91 Å². The van der Waals surface area contributed by atoms with Crippen molar-refractivity contribution in [1.82, 2.24) is 5.32 Å². The van der Waals surface area contributed by atoms with E-state index in [1.807, 2.05) is 0 Å². The summed E-state index contributed by atoms with van der Waals surface area (Å²) in [6, 6.07) is 8.87. The molecule has 0 fully saturated rings. The molecule has 2 aromatic carbocycles. The summed E-state index contributed by atoms with van der Waals surface area (Å²) in [5.74, 6) is -0.838. The molecule has 20 heavy (non-hydrogen) atoms.